The third kappa shape index (κ3) is 6.18. The summed E-state index contributed by atoms with van der Waals surface area (Å²) in [6, 6.07) is 12.1. The second-order valence-electron chi connectivity index (χ2n) is 7.11. The van der Waals surface area contributed by atoms with Crippen LogP contribution in [0.5, 0.6) is 5.75 Å². The number of thiocarbonyl (C=S) groups is 1. The molecule has 0 atom stereocenters. The molecule has 8 nitrogen and oxygen atoms in total. The number of morpholine rings is 1. The average Bonchev–Trinajstić information content (AvgIpc) is 2.82. The molecule has 0 aromatic heterocycles. The molecule has 2 N–H and O–H groups in total. The maximum Gasteiger partial charge on any atom is 0.337 e. The van der Waals surface area contributed by atoms with E-state index in [1.165, 1.54) is 7.11 Å². The Kier molecular flexibility index (Phi) is 8.41. The Bertz CT molecular complexity index is 976. The Balaban J connectivity index is 1.75. The third-order valence-corrected chi connectivity index (χ3v) is 5.02. The summed E-state index contributed by atoms with van der Waals surface area (Å²) in [7, 11) is 1.33. The van der Waals surface area contributed by atoms with Crippen molar-refractivity contribution in [2.75, 3.05) is 50.2 Å². The molecular formula is C23H27N3O5S. The highest BCUT2D eigenvalue weighted by Crippen LogP contribution is 2.28. The maximum absolute atomic E-state index is 12.7. The maximum atomic E-state index is 12.7. The largest absolute Gasteiger partial charge is 0.494 e. The predicted octanol–water partition coefficient (Wildman–Crippen LogP) is 3.23. The van der Waals surface area contributed by atoms with Crippen LogP contribution in [0.4, 0.5) is 11.4 Å². The van der Waals surface area contributed by atoms with E-state index in [1.54, 1.807) is 36.4 Å². The Morgan fingerprint density at radius 3 is 2.62 bits per heavy atom. The number of hydrogen-bond donors (Lipinski definition) is 2. The Labute approximate surface area is 192 Å². The van der Waals surface area contributed by atoms with Crippen molar-refractivity contribution in [1.29, 1.82) is 0 Å². The molecule has 2 aromatic carbocycles. The first kappa shape index (κ1) is 23.5. The fraction of sp³-hybridized carbons (Fsp3) is 0.348. The van der Waals surface area contributed by atoms with Gasteiger partial charge in [-0.1, -0.05) is 13.0 Å². The van der Waals surface area contributed by atoms with Gasteiger partial charge in [0.05, 0.1) is 43.9 Å². The van der Waals surface area contributed by atoms with E-state index in [0.29, 0.717) is 55.5 Å². The van der Waals surface area contributed by atoms with Crippen LogP contribution in [0, 0.1) is 0 Å². The van der Waals surface area contributed by atoms with Crippen LogP contribution >= 0.6 is 12.2 Å². The van der Waals surface area contributed by atoms with Gasteiger partial charge in [0, 0.05) is 18.7 Å². The van der Waals surface area contributed by atoms with Gasteiger partial charge in [-0.3, -0.25) is 10.1 Å². The van der Waals surface area contributed by atoms with E-state index in [9.17, 15) is 9.59 Å². The monoisotopic (exact) mass is 457 g/mol. The van der Waals surface area contributed by atoms with E-state index in [0.717, 1.165) is 12.1 Å². The minimum Gasteiger partial charge on any atom is -0.494 e. The lowest BCUT2D eigenvalue weighted by Gasteiger charge is -2.31. The number of anilines is 2. The lowest BCUT2D eigenvalue weighted by atomic mass is 10.1. The van der Waals surface area contributed by atoms with Crippen LogP contribution in [0.25, 0.3) is 0 Å². The van der Waals surface area contributed by atoms with Gasteiger partial charge < -0.3 is 24.4 Å². The standard InChI is InChI=1S/C23H27N3O5S/c1-3-11-31-18-6-4-5-16(14-18)21(27)25-23(32)24-19-15-17(22(28)29-2)7-8-20(19)26-9-12-30-13-10-26/h4-8,14-15H,3,9-13H2,1-2H3,(H2,24,25,27,32). The number of carbonyl (C=O) groups is 2. The van der Waals surface area contributed by atoms with E-state index < -0.39 is 5.97 Å². The first-order valence-corrected chi connectivity index (χ1v) is 10.8. The molecule has 32 heavy (non-hydrogen) atoms. The van der Waals surface area contributed by atoms with E-state index in [-0.39, 0.29) is 11.0 Å². The molecule has 0 unspecified atom stereocenters. The molecule has 3 rings (SSSR count). The van der Waals surface area contributed by atoms with Gasteiger partial charge in [0.1, 0.15) is 5.75 Å². The van der Waals surface area contributed by atoms with Gasteiger partial charge in [0.25, 0.3) is 5.91 Å². The number of carbonyl (C=O) groups excluding carboxylic acids is 2. The number of esters is 1. The van der Waals surface area contributed by atoms with E-state index >= 15 is 0 Å². The SMILES string of the molecule is CCCOc1cccc(C(=O)NC(=S)Nc2cc(C(=O)OC)ccc2N2CCOCC2)c1. The van der Waals surface area contributed by atoms with Crippen molar-refractivity contribution in [3.05, 3.63) is 53.6 Å². The summed E-state index contributed by atoms with van der Waals surface area (Å²) in [6.07, 6.45) is 0.876. The van der Waals surface area contributed by atoms with E-state index in [2.05, 4.69) is 15.5 Å². The van der Waals surface area contributed by atoms with Gasteiger partial charge >= 0.3 is 5.97 Å². The molecule has 0 aliphatic carbocycles. The van der Waals surface area contributed by atoms with Gasteiger partial charge in [-0.2, -0.15) is 0 Å². The fourth-order valence-corrected chi connectivity index (χ4v) is 3.44. The minimum absolute atomic E-state index is 0.117. The molecule has 9 heteroatoms. The molecule has 0 bridgehead atoms. The van der Waals surface area contributed by atoms with Crippen LogP contribution in [0.3, 0.4) is 0 Å². The van der Waals surface area contributed by atoms with Gasteiger partial charge in [0.2, 0.25) is 0 Å². The van der Waals surface area contributed by atoms with Crippen LogP contribution in [0.1, 0.15) is 34.1 Å². The van der Waals surface area contributed by atoms with Crippen molar-refractivity contribution in [2.45, 2.75) is 13.3 Å². The predicted molar refractivity (Wildman–Crippen MR) is 127 cm³/mol. The third-order valence-electron chi connectivity index (χ3n) is 4.81. The molecule has 0 spiro atoms. The zero-order valence-corrected chi connectivity index (χ0v) is 19.0. The molecule has 1 aliphatic heterocycles. The first-order valence-electron chi connectivity index (χ1n) is 10.4. The number of hydrogen-bond acceptors (Lipinski definition) is 7. The van der Waals surface area contributed by atoms with Crippen molar-refractivity contribution in [3.8, 4) is 5.75 Å². The average molecular weight is 458 g/mol. The lowest BCUT2D eigenvalue weighted by Crippen LogP contribution is -2.38. The number of nitrogens with one attached hydrogen (secondary N) is 2. The van der Waals surface area contributed by atoms with Crippen molar-refractivity contribution in [3.63, 3.8) is 0 Å². The summed E-state index contributed by atoms with van der Waals surface area (Å²) in [5.74, 6) is -0.194. The molecule has 1 heterocycles. The molecular weight excluding hydrogens is 430 g/mol. The molecule has 0 radical (unpaired) electrons. The summed E-state index contributed by atoms with van der Waals surface area (Å²) in [5, 5.41) is 5.86. The molecule has 0 saturated carbocycles. The quantitative estimate of drug-likeness (QED) is 0.484. The van der Waals surface area contributed by atoms with Crippen LogP contribution in [-0.2, 0) is 9.47 Å². The van der Waals surface area contributed by atoms with Gasteiger partial charge in [0.15, 0.2) is 5.11 Å². The number of benzene rings is 2. The number of rotatable bonds is 7. The number of methoxy groups -OCH3 is 1. The minimum atomic E-state index is -0.458. The van der Waals surface area contributed by atoms with Gasteiger partial charge in [-0.05, 0) is 55.0 Å². The van der Waals surface area contributed by atoms with Crippen LogP contribution in [-0.4, -0.2) is 57.0 Å². The highest BCUT2D eigenvalue weighted by molar-refractivity contribution is 7.80. The molecule has 1 saturated heterocycles. The van der Waals surface area contributed by atoms with Crippen molar-refractivity contribution in [2.24, 2.45) is 0 Å². The smallest absolute Gasteiger partial charge is 0.337 e. The summed E-state index contributed by atoms with van der Waals surface area (Å²) in [4.78, 5) is 26.8. The van der Waals surface area contributed by atoms with Gasteiger partial charge in [-0.25, -0.2) is 4.79 Å². The van der Waals surface area contributed by atoms with Gasteiger partial charge in [-0.15, -0.1) is 0 Å². The Hall–Kier alpha value is -3.17. The van der Waals surface area contributed by atoms with Crippen molar-refractivity contribution < 1.29 is 23.8 Å². The summed E-state index contributed by atoms with van der Waals surface area (Å²) >= 11 is 5.38. The fourth-order valence-electron chi connectivity index (χ4n) is 3.24. The number of amides is 1. The zero-order chi connectivity index (χ0) is 22.9. The first-order chi connectivity index (χ1) is 15.5. The van der Waals surface area contributed by atoms with E-state index in [1.807, 2.05) is 13.0 Å². The van der Waals surface area contributed by atoms with Crippen molar-refractivity contribution >= 4 is 40.6 Å². The topological polar surface area (TPSA) is 89.1 Å². The zero-order valence-electron chi connectivity index (χ0n) is 18.2. The number of nitrogens with zero attached hydrogens (tertiary/aromatic N) is 1. The van der Waals surface area contributed by atoms with Crippen LogP contribution in [0.15, 0.2) is 42.5 Å². The van der Waals surface area contributed by atoms with Crippen LogP contribution < -0.4 is 20.3 Å². The molecule has 1 amide bonds. The Morgan fingerprint density at radius 2 is 1.91 bits per heavy atom. The molecule has 1 aliphatic rings. The second kappa shape index (κ2) is 11.4. The molecule has 170 valence electrons. The highest BCUT2D eigenvalue weighted by Gasteiger charge is 2.18. The second-order valence-corrected chi connectivity index (χ2v) is 7.52. The lowest BCUT2D eigenvalue weighted by molar-refractivity contribution is 0.0600. The summed E-state index contributed by atoms with van der Waals surface area (Å²) < 4.78 is 15.8. The van der Waals surface area contributed by atoms with Crippen LogP contribution in [0.2, 0.25) is 0 Å². The van der Waals surface area contributed by atoms with E-state index in [4.69, 9.17) is 26.4 Å². The summed E-state index contributed by atoms with van der Waals surface area (Å²) in [6.45, 7) is 5.21. The molecule has 1 fully saturated rings. The summed E-state index contributed by atoms with van der Waals surface area (Å²) in [5.41, 5.74) is 2.26. The van der Waals surface area contributed by atoms with Crippen molar-refractivity contribution in [1.82, 2.24) is 5.32 Å². The highest BCUT2D eigenvalue weighted by atomic mass is 32.1. The molecule has 2 aromatic rings. The number of ether oxygens (including phenoxy) is 3. The Morgan fingerprint density at radius 1 is 1.12 bits per heavy atom. The normalized spacial score (nSPS) is 13.2.